The first-order valence-electron chi connectivity index (χ1n) is 7.70. The predicted molar refractivity (Wildman–Crippen MR) is 84.5 cm³/mol. The van der Waals surface area contributed by atoms with E-state index in [0.29, 0.717) is 12.6 Å². The molecule has 0 bridgehead atoms. The lowest BCUT2D eigenvalue weighted by Gasteiger charge is -2.29. The SMILES string of the molecule is CN(CCNC1CC(C)(C)OC1(C)C)C(=O)OC(C)(C)C. The van der Waals surface area contributed by atoms with Crippen molar-refractivity contribution in [3.63, 3.8) is 0 Å². The number of carbonyl (C=O) groups is 1. The molecule has 0 saturated carbocycles. The molecule has 1 fully saturated rings. The molecular formula is C16H32N2O3. The standard InChI is InChI=1S/C16H32N2O3/c1-14(2,3)20-13(19)18(8)10-9-17-12-11-15(4,5)21-16(12,6)7/h12,17H,9-11H2,1-8H3. The second-order valence-corrected chi connectivity index (χ2v) is 8.08. The van der Waals surface area contributed by atoms with Crippen molar-refractivity contribution in [2.24, 2.45) is 0 Å². The van der Waals surface area contributed by atoms with Crippen molar-refractivity contribution < 1.29 is 14.3 Å². The van der Waals surface area contributed by atoms with Gasteiger partial charge in [-0.05, 0) is 54.9 Å². The summed E-state index contributed by atoms with van der Waals surface area (Å²) < 4.78 is 11.4. The van der Waals surface area contributed by atoms with Gasteiger partial charge in [0.25, 0.3) is 0 Å². The molecule has 0 aromatic carbocycles. The molecule has 1 saturated heterocycles. The predicted octanol–water partition coefficient (Wildman–Crippen LogP) is 2.79. The third kappa shape index (κ3) is 5.83. The highest BCUT2D eigenvalue weighted by Gasteiger charge is 2.45. The number of rotatable bonds is 4. The summed E-state index contributed by atoms with van der Waals surface area (Å²) in [6.45, 7) is 15.4. The quantitative estimate of drug-likeness (QED) is 0.867. The highest BCUT2D eigenvalue weighted by atomic mass is 16.6. The molecule has 1 rings (SSSR count). The molecule has 1 aliphatic heterocycles. The minimum absolute atomic E-state index is 0.0990. The maximum Gasteiger partial charge on any atom is 0.410 e. The Morgan fingerprint density at radius 1 is 1.33 bits per heavy atom. The fourth-order valence-electron chi connectivity index (χ4n) is 2.72. The normalized spacial score (nSPS) is 23.9. The Bertz CT molecular complexity index is 372. The lowest BCUT2D eigenvalue weighted by Crippen LogP contribution is -2.46. The minimum Gasteiger partial charge on any atom is -0.444 e. The third-order valence-electron chi connectivity index (χ3n) is 3.62. The largest absolute Gasteiger partial charge is 0.444 e. The molecule has 0 spiro atoms. The second-order valence-electron chi connectivity index (χ2n) is 8.08. The van der Waals surface area contributed by atoms with Crippen LogP contribution in [0.4, 0.5) is 4.79 Å². The fraction of sp³-hybridized carbons (Fsp3) is 0.938. The van der Waals surface area contributed by atoms with Crippen LogP contribution in [0.15, 0.2) is 0 Å². The Kier molecular flexibility index (Phi) is 5.32. The van der Waals surface area contributed by atoms with Gasteiger partial charge in [0.05, 0.1) is 11.2 Å². The molecule has 5 nitrogen and oxygen atoms in total. The van der Waals surface area contributed by atoms with Gasteiger partial charge in [-0.3, -0.25) is 0 Å². The summed E-state index contributed by atoms with van der Waals surface area (Å²) in [5, 5.41) is 3.50. The average Bonchev–Trinajstić information content (AvgIpc) is 2.43. The van der Waals surface area contributed by atoms with Crippen molar-refractivity contribution in [1.82, 2.24) is 10.2 Å². The van der Waals surface area contributed by atoms with Gasteiger partial charge in [-0.2, -0.15) is 0 Å². The summed E-state index contributed by atoms with van der Waals surface area (Å²) in [5.41, 5.74) is -0.740. The Morgan fingerprint density at radius 2 is 1.90 bits per heavy atom. The molecule has 21 heavy (non-hydrogen) atoms. The van der Waals surface area contributed by atoms with Crippen LogP contribution in [0.5, 0.6) is 0 Å². The van der Waals surface area contributed by atoms with Gasteiger partial charge in [0, 0.05) is 26.2 Å². The first-order chi connectivity index (χ1) is 9.32. The van der Waals surface area contributed by atoms with Crippen molar-refractivity contribution >= 4 is 6.09 Å². The van der Waals surface area contributed by atoms with Crippen molar-refractivity contribution in [3.05, 3.63) is 0 Å². The Balaban J connectivity index is 2.38. The highest BCUT2D eigenvalue weighted by molar-refractivity contribution is 5.67. The Labute approximate surface area is 129 Å². The summed E-state index contributed by atoms with van der Waals surface area (Å²) in [4.78, 5) is 13.5. The lowest BCUT2D eigenvalue weighted by atomic mass is 9.94. The van der Waals surface area contributed by atoms with Crippen LogP contribution < -0.4 is 5.32 Å². The zero-order valence-electron chi connectivity index (χ0n) is 14.9. The van der Waals surface area contributed by atoms with Crippen LogP contribution in [0, 0.1) is 0 Å². The molecule has 0 aromatic heterocycles. The summed E-state index contributed by atoms with van der Waals surface area (Å²) >= 11 is 0. The Hall–Kier alpha value is -0.810. The van der Waals surface area contributed by atoms with E-state index in [1.165, 1.54) is 0 Å². The van der Waals surface area contributed by atoms with E-state index in [-0.39, 0.29) is 17.3 Å². The smallest absolute Gasteiger partial charge is 0.410 e. The summed E-state index contributed by atoms with van der Waals surface area (Å²) in [7, 11) is 1.76. The first-order valence-corrected chi connectivity index (χ1v) is 7.70. The molecule has 124 valence electrons. The number of hydrogen-bond acceptors (Lipinski definition) is 4. The zero-order chi connectivity index (χ0) is 16.5. The zero-order valence-corrected chi connectivity index (χ0v) is 14.9. The monoisotopic (exact) mass is 300 g/mol. The molecule has 0 aliphatic carbocycles. The lowest BCUT2D eigenvalue weighted by molar-refractivity contribution is -0.0698. The van der Waals surface area contributed by atoms with Gasteiger partial charge in [0.1, 0.15) is 5.60 Å². The number of nitrogens with zero attached hydrogens (tertiary/aromatic N) is 1. The van der Waals surface area contributed by atoms with Crippen LogP contribution in [-0.2, 0) is 9.47 Å². The van der Waals surface area contributed by atoms with Gasteiger partial charge < -0.3 is 19.7 Å². The van der Waals surface area contributed by atoms with E-state index in [9.17, 15) is 4.79 Å². The van der Waals surface area contributed by atoms with Gasteiger partial charge >= 0.3 is 6.09 Å². The molecule has 1 aliphatic rings. The van der Waals surface area contributed by atoms with Gasteiger partial charge in [0.15, 0.2) is 0 Å². The number of amides is 1. The molecule has 5 heteroatoms. The van der Waals surface area contributed by atoms with Gasteiger partial charge in [-0.25, -0.2) is 4.79 Å². The second kappa shape index (κ2) is 6.13. The van der Waals surface area contributed by atoms with Crippen LogP contribution in [0.25, 0.3) is 0 Å². The maximum absolute atomic E-state index is 11.9. The van der Waals surface area contributed by atoms with Crippen molar-refractivity contribution in [3.8, 4) is 0 Å². The van der Waals surface area contributed by atoms with Crippen molar-refractivity contribution in [2.45, 2.75) is 77.7 Å². The summed E-state index contributed by atoms with van der Waals surface area (Å²) in [6.07, 6.45) is 0.683. The number of hydrogen-bond donors (Lipinski definition) is 1. The van der Waals surface area contributed by atoms with E-state index >= 15 is 0 Å². The minimum atomic E-state index is -0.454. The maximum atomic E-state index is 11.9. The molecular weight excluding hydrogens is 268 g/mol. The van der Waals surface area contributed by atoms with E-state index in [0.717, 1.165) is 13.0 Å². The summed E-state index contributed by atoms with van der Waals surface area (Å²) in [6, 6.07) is 0.291. The fourth-order valence-corrected chi connectivity index (χ4v) is 2.72. The number of nitrogens with one attached hydrogen (secondary N) is 1. The number of likely N-dealkylation sites (N-methyl/N-ethyl adjacent to an activating group) is 1. The summed E-state index contributed by atoms with van der Waals surface area (Å²) in [5.74, 6) is 0. The van der Waals surface area contributed by atoms with Crippen LogP contribution in [0.1, 0.15) is 54.9 Å². The molecule has 1 amide bonds. The molecule has 1 unspecified atom stereocenters. The highest BCUT2D eigenvalue weighted by Crippen LogP contribution is 2.37. The van der Waals surface area contributed by atoms with Gasteiger partial charge in [0.2, 0.25) is 0 Å². The van der Waals surface area contributed by atoms with E-state index in [1.54, 1.807) is 11.9 Å². The third-order valence-corrected chi connectivity index (χ3v) is 3.62. The van der Waals surface area contributed by atoms with E-state index in [4.69, 9.17) is 9.47 Å². The first kappa shape index (κ1) is 18.2. The number of ether oxygens (including phenoxy) is 2. The van der Waals surface area contributed by atoms with E-state index in [2.05, 4.69) is 33.0 Å². The number of carbonyl (C=O) groups excluding carboxylic acids is 1. The van der Waals surface area contributed by atoms with Crippen LogP contribution in [0.2, 0.25) is 0 Å². The van der Waals surface area contributed by atoms with Crippen LogP contribution in [-0.4, -0.2) is 54.0 Å². The molecule has 0 aromatic rings. The Morgan fingerprint density at radius 3 is 2.33 bits per heavy atom. The van der Waals surface area contributed by atoms with Gasteiger partial charge in [-0.1, -0.05) is 0 Å². The topological polar surface area (TPSA) is 50.8 Å². The van der Waals surface area contributed by atoms with E-state index in [1.807, 2.05) is 20.8 Å². The van der Waals surface area contributed by atoms with Gasteiger partial charge in [-0.15, -0.1) is 0 Å². The molecule has 1 heterocycles. The van der Waals surface area contributed by atoms with Crippen LogP contribution >= 0.6 is 0 Å². The molecule has 1 atom stereocenters. The van der Waals surface area contributed by atoms with Crippen molar-refractivity contribution in [2.75, 3.05) is 20.1 Å². The molecule has 1 N–H and O–H groups in total. The average molecular weight is 300 g/mol. The van der Waals surface area contributed by atoms with E-state index < -0.39 is 5.60 Å². The van der Waals surface area contributed by atoms with Crippen molar-refractivity contribution in [1.29, 1.82) is 0 Å². The van der Waals surface area contributed by atoms with Crippen LogP contribution in [0.3, 0.4) is 0 Å². The molecule has 0 radical (unpaired) electrons.